The van der Waals surface area contributed by atoms with Crippen molar-refractivity contribution in [1.82, 2.24) is 5.32 Å². The zero-order valence-electron chi connectivity index (χ0n) is 6.99. The van der Waals surface area contributed by atoms with Crippen LogP contribution in [-0.4, -0.2) is 40.8 Å². The van der Waals surface area contributed by atoms with E-state index in [9.17, 15) is 5.11 Å². The van der Waals surface area contributed by atoms with Gasteiger partial charge in [-0.25, -0.2) is 0 Å². The van der Waals surface area contributed by atoms with Gasteiger partial charge in [0.1, 0.15) is 0 Å². The Morgan fingerprint density at radius 2 is 1.82 bits per heavy atom. The van der Waals surface area contributed by atoms with E-state index in [0.717, 1.165) is 0 Å². The molecule has 11 heavy (non-hydrogen) atoms. The number of hydrogen-bond donors (Lipinski definition) is 4. The van der Waals surface area contributed by atoms with E-state index in [4.69, 9.17) is 5.11 Å². The maximum atomic E-state index is 9.21. The Morgan fingerprint density at radius 1 is 1.27 bits per heavy atom. The average Bonchev–Trinajstić information content (AvgIpc) is 1.98. The van der Waals surface area contributed by atoms with Gasteiger partial charge in [-0.3, -0.25) is 0 Å². The molecule has 4 heteroatoms. The monoisotopic (exact) mass is 179 g/mol. The molecule has 3 nitrogen and oxygen atoms in total. The molecule has 3 N–H and O–H groups in total. The topological polar surface area (TPSA) is 52.5 Å². The quantitative estimate of drug-likeness (QED) is 0.436. The Morgan fingerprint density at radius 3 is 2.18 bits per heavy atom. The van der Waals surface area contributed by atoms with E-state index < -0.39 is 12.2 Å². The number of aliphatic hydroxyl groups is 2. The van der Waals surface area contributed by atoms with Gasteiger partial charge in [0.2, 0.25) is 0 Å². The molecule has 0 fully saturated rings. The lowest BCUT2D eigenvalue weighted by Crippen LogP contribution is -2.39. The molecule has 0 aliphatic rings. The van der Waals surface area contributed by atoms with Crippen LogP contribution in [0, 0.1) is 0 Å². The van der Waals surface area contributed by atoms with Crippen LogP contribution in [-0.2, 0) is 0 Å². The van der Waals surface area contributed by atoms with Crippen LogP contribution >= 0.6 is 12.6 Å². The zero-order chi connectivity index (χ0) is 8.85. The minimum atomic E-state index is -0.732. The summed E-state index contributed by atoms with van der Waals surface area (Å²) in [5.74, 6) is 0.293. The van der Waals surface area contributed by atoms with E-state index in [1.165, 1.54) is 0 Å². The second-order valence-corrected chi connectivity index (χ2v) is 3.25. The molecule has 0 aliphatic carbocycles. The van der Waals surface area contributed by atoms with E-state index in [2.05, 4.69) is 17.9 Å². The molecule has 0 saturated heterocycles. The zero-order valence-corrected chi connectivity index (χ0v) is 7.88. The summed E-state index contributed by atoms with van der Waals surface area (Å²) in [4.78, 5) is 0. The van der Waals surface area contributed by atoms with Crippen molar-refractivity contribution in [3.8, 4) is 0 Å². The maximum Gasteiger partial charge on any atom is 0.0931 e. The number of rotatable bonds is 5. The fourth-order valence-corrected chi connectivity index (χ4v) is 0.858. The van der Waals surface area contributed by atoms with E-state index in [-0.39, 0.29) is 0 Å². The molecule has 0 rings (SSSR count). The molecule has 0 aromatic rings. The summed E-state index contributed by atoms with van der Waals surface area (Å²) < 4.78 is 0. The maximum absolute atomic E-state index is 9.21. The van der Waals surface area contributed by atoms with Crippen molar-refractivity contribution in [2.45, 2.75) is 32.1 Å². The second-order valence-electron chi connectivity index (χ2n) is 2.88. The molecule has 0 aliphatic heterocycles. The molecule has 0 aromatic heterocycles. The summed E-state index contributed by atoms with van der Waals surface area (Å²) in [5.41, 5.74) is 0. The third kappa shape index (κ3) is 5.49. The first-order valence-electron chi connectivity index (χ1n) is 3.78. The minimum absolute atomic E-state index is 0.293. The van der Waals surface area contributed by atoms with Gasteiger partial charge in [-0.1, -0.05) is 13.8 Å². The van der Waals surface area contributed by atoms with Crippen molar-refractivity contribution in [2.75, 3.05) is 12.3 Å². The Bertz CT molecular complexity index is 100. The molecule has 2 unspecified atom stereocenters. The fraction of sp³-hybridized carbons (Fsp3) is 1.00. The van der Waals surface area contributed by atoms with E-state index >= 15 is 0 Å². The third-order valence-electron chi connectivity index (χ3n) is 1.37. The van der Waals surface area contributed by atoms with Crippen LogP contribution in [0.4, 0.5) is 0 Å². The lowest BCUT2D eigenvalue weighted by molar-refractivity contribution is 0.0340. The van der Waals surface area contributed by atoms with Crippen LogP contribution in [0.3, 0.4) is 0 Å². The number of hydrogen-bond acceptors (Lipinski definition) is 4. The largest absolute Gasteiger partial charge is 0.390 e. The summed E-state index contributed by atoms with van der Waals surface area (Å²) >= 11 is 3.86. The first-order chi connectivity index (χ1) is 5.07. The van der Waals surface area contributed by atoms with Crippen LogP contribution in [0.2, 0.25) is 0 Å². The predicted molar refractivity (Wildman–Crippen MR) is 49.0 cm³/mol. The highest BCUT2D eigenvalue weighted by atomic mass is 32.1. The normalized spacial score (nSPS) is 16.9. The van der Waals surface area contributed by atoms with Crippen molar-refractivity contribution in [2.24, 2.45) is 0 Å². The Hall–Kier alpha value is 0.230. The van der Waals surface area contributed by atoms with Gasteiger partial charge in [-0.15, -0.1) is 0 Å². The van der Waals surface area contributed by atoms with Gasteiger partial charge >= 0.3 is 0 Å². The van der Waals surface area contributed by atoms with E-state index in [1.54, 1.807) is 0 Å². The second kappa shape index (κ2) is 5.83. The minimum Gasteiger partial charge on any atom is -0.390 e. The summed E-state index contributed by atoms with van der Waals surface area (Å²) in [5, 5.41) is 21.3. The summed E-state index contributed by atoms with van der Waals surface area (Å²) in [6.45, 7) is 4.39. The molecule has 68 valence electrons. The van der Waals surface area contributed by atoms with Crippen LogP contribution in [0.25, 0.3) is 0 Å². The van der Waals surface area contributed by atoms with Gasteiger partial charge in [-0.2, -0.15) is 12.6 Å². The highest BCUT2D eigenvalue weighted by Gasteiger charge is 2.13. The summed E-state index contributed by atoms with van der Waals surface area (Å²) in [6, 6.07) is 0.330. The Balaban J connectivity index is 3.43. The fourth-order valence-electron chi connectivity index (χ4n) is 0.614. The van der Waals surface area contributed by atoms with Gasteiger partial charge in [0.15, 0.2) is 0 Å². The van der Waals surface area contributed by atoms with Gasteiger partial charge in [-0.05, 0) is 0 Å². The standard InChI is InChI=1S/C7H17NO2S/c1-5(2)8-3-6(9)7(10)4-11/h5-11H,3-4H2,1-2H3. The van der Waals surface area contributed by atoms with Gasteiger partial charge in [0.25, 0.3) is 0 Å². The van der Waals surface area contributed by atoms with Crippen molar-refractivity contribution in [1.29, 1.82) is 0 Å². The first kappa shape index (κ1) is 11.2. The summed E-state index contributed by atoms with van der Waals surface area (Å²) in [7, 11) is 0. The van der Waals surface area contributed by atoms with Crippen molar-refractivity contribution < 1.29 is 10.2 Å². The van der Waals surface area contributed by atoms with Crippen molar-refractivity contribution in [3.63, 3.8) is 0 Å². The first-order valence-corrected chi connectivity index (χ1v) is 4.41. The molecule has 0 aromatic carbocycles. The number of aliphatic hydroxyl groups excluding tert-OH is 2. The van der Waals surface area contributed by atoms with Gasteiger partial charge in [0, 0.05) is 18.3 Å². The highest BCUT2D eigenvalue weighted by Crippen LogP contribution is 1.94. The lowest BCUT2D eigenvalue weighted by atomic mass is 10.2. The molecule has 0 bridgehead atoms. The van der Waals surface area contributed by atoms with E-state index in [0.29, 0.717) is 18.3 Å². The van der Waals surface area contributed by atoms with Gasteiger partial charge in [0.05, 0.1) is 12.2 Å². The number of thiol groups is 1. The van der Waals surface area contributed by atoms with E-state index in [1.807, 2.05) is 13.8 Å². The molecule has 0 heterocycles. The third-order valence-corrected chi connectivity index (χ3v) is 1.74. The van der Waals surface area contributed by atoms with Crippen LogP contribution < -0.4 is 5.32 Å². The molecule has 0 saturated carbocycles. The SMILES string of the molecule is CC(C)NCC(O)C(O)CS. The smallest absolute Gasteiger partial charge is 0.0931 e. The Labute approximate surface area is 73.2 Å². The van der Waals surface area contributed by atoms with Crippen LogP contribution in [0.1, 0.15) is 13.8 Å². The predicted octanol–water partition coefficient (Wildman–Crippen LogP) is -0.364. The molecule has 2 atom stereocenters. The van der Waals surface area contributed by atoms with Crippen molar-refractivity contribution >= 4 is 12.6 Å². The highest BCUT2D eigenvalue weighted by molar-refractivity contribution is 7.80. The Kier molecular flexibility index (Phi) is 5.95. The number of nitrogens with one attached hydrogen (secondary N) is 1. The van der Waals surface area contributed by atoms with Crippen molar-refractivity contribution in [3.05, 3.63) is 0 Å². The molecule has 0 amide bonds. The molecule has 0 radical (unpaired) electrons. The average molecular weight is 179 g/mol. The van der Waals surface area contributed by atoms with Gasteiger partial charge < -0.3 is 15.5 Å². The molecule has 0 spiro atoms. The lowest BCUT2D eigenvalue weighted by Gasteiger charge is -2.17. The molecular formula is C7H17NO2S. The van der Waals surface area contributed by atoms with Crippen LogP contribution in [0.15, 0.2) is 0 Å². The molecular weight excluding hydrogens is 162 g/mol. The van der Waals surface area contributed by atoms with Crippen LogP contribution in [0.5, 0.6) is 0 Å². The summed E-state index contributed by atoms with van der Waals surface area (Å²) in [6.07, 6.45) is -1.44.